The Morgan fingerprint density at radius 3 is 2.59 bits per heavy atom. The van der Waals surface area contributed by atoms with Crippen molar-refractivity contribution in [2.45, 2.75) is 19.4 Å². The first-order valence-corrected chi connectivity index (χ1v) is 12.2. The maximum absolute atomic E-state index is 13.8. The number of carbonyl (C=O) groups is 2. The standard InChI is InChI=1S/C26H26ClN3O3S/c1-16-24(34-25(28-16)17-9-5-4-6-10-17)22(31)20-21(18-11-7-12-19(27)15-18)30(26(33)23(20)32)14-8-13-29(2)3/h4-7,9-12,15,21,32H,8,13-14H2,1-3H3. The van der Waals surface area contributed by atoms with Crippen molar-refractivity contribution < 1.29 is 14.7 Å². The van der Waals surface area contributed by atoms with Crippen molar-refractivity contribution in [1.29, 1.82) is 0 Å². The van der Waals surface area contributed by atoms with E-state index >= 15 is 0 Å². The number of hydrogen-bond donors (Lipinski definition) is 1. The SMILES string of the molecule is Cc1nc(-c2ccccc2)sc1C(=O)C1=C(O)C(=O)N(CCCN(C)C)C1c1cccc(Cl)c1. The molecule has 0 bridgehead atoms. The Hall–Kier alpha value is -3.00. The predicted molar refractivity (Wildman–Crippen MR) is 135 cm³/mol. The smallest absolute Gasteiger partial charge is 0.290 e. The molecule has 8 heteroatoms. The zero-order valence-electron chi connectivity index (χ0n) is 19.3. The van der Waals surface area contributed by atoms with Gasteiger partial charge in [0, 0.05) is 17.1 Å². The third kappa shape index (κ3) is 4.78. The van der Waals surface area contributed by atoms with Gasteiger partial charge in [-0.25, -0.2) is 4.98 Å². The van der Waals surface area contributed by atoms with E-state index in [0.29, 0.717) is 39.1 Å². The van der Waals surface area contributed by atoms with Gasteiger partial charge < -0.3 is 14.9 Å². The van der Waals surface area contributed by atoms with Crippen LogP contribution in [0.2, 0.25) is 5.02 Å². The van der Waals surface area contributed by atoms with Gasteiger partial charge in [0.1, 0.15) is 5.01 Å². The Kier molecular flexibility index (Phi) is 7.16. The maximum atomic E-state index is 13.8. The second-order valence-corrected chi connectivity index (χ2v) is 9.94. The molecule has 4 rings (SSSR count). The van der Waals surface area contributed by atoms with Gasteiger partial charge in [0.05, 0.1) is 22.2 Å². The van der Waals surface area contributed by atoms with Gasteiger partial charge in [0.15, 0.2) is 5.76 Å². The molecule has 1 aliphatic rings. The summed E-state index contributed by atoms with van der Waals surface area (Å²) in [4.78, 5) is 35.5. The van der Waals surface area contributed by atoms with Crippen molar-refractivity contribution in [2.24, 2.45) is 0 Å². The lowest BCUT2D eigenvalue weighted by Gasteiger charge is -2.27. The van der Waals surface area contributed by atoms with Crippen LogP contribution in [0, 0.1) is 6.92 Å². The summed E-state index contributed by atoms with van der Waals surface area (Å²) in [5, 5.41) is 12.1. The van der Waals surface area contributed by atoms with Crippen LogP contribution in [0.4, 0.5) is 0 Å². The lowest BCUT2D eigenvalue weighted by Crippen LogP contribution is -2.33. The monoisotopic (exact) mass is 495 g/mol. The van der Waals surface area contributed by atoms with E-state index in [1.54, 1.807) is 30.0 Å². The fourth-order valence-electron chi connectivity index (χ4n) is 4.13. The number of nitrogens with zero attached hydrogens (tertiary/aromatic N) is 3. The number of rotatable bonds is 8. The molecule has 3 aromatic rings. The number of aliphatic hydroxyl groups excluding tert-OH is 1. The van der Waals surface area contributed by atoms with E-state index in [1.807, 2.05) is 55.4 Å². The van der Waals surface area contributed by atoms with Crippen molar-refractivity contribution >= 4 is 34.6 Å². The normalized spacial score (nSPS) is 16.1. The number of amides is 1. The first-order chi connectivity index (χ1) is 16.3. The summed E-state index contributed by atoms with van der Waals surface area (Å²) < 4.78 is 0. The van der Waals surface area contributed by atoms with Crippen LogP contribution in [0.15, 0.2) is 65.9 Å². The van der Waals surface area contributed by atoms with Gasteiger partial charge in [-0.1, -0.05) is 54.1 Å². The highest BCUT2D eigenvalue weighted by atomic mass is 35.5. The molecule has 6 nitrogen and oxygen atoms in total. The zero-order chi connectivity index (χ0) is 24.4. The number of aryl methyl sites for hydroxylation is 1. The Balaban J connectivity index is 1.74. The maximum Gasteiger partial charge on any atom is 0.290 e. The molecule has 2 aromatic carbocycles. The number of ketones is 1. The van der Waals surface area contributed by atoms with Crippen LogP contribution >= 0.6 is 22.9 Å². The molecule has 176 valence electrons. The number of aliphatic hydroxyl groups is 1. The molecule has 2 heterocycles. The summed E-state index contributed by atoms with van der Waals surface area (Å²) in [5.41, 5.74) is 2.23. The van der Waals surface area contributed by atoms with Crippen LogP contribution in [0.3, 0.4) is 0 Å². The molecule has 1 aromatic heterocycles. The van der Waals surface area contributed by atoms with Crippen molar-refractivity contribution in [3.63, 3.8) is 0 Å². The van der Waals surface area contributed by atoms with Crippen LogP contribution in [-0.2, 0) is 4.79 Å². The van der Waals surface area contributed by atoms with E-state index in [9.17, 15) is 14.7 Å². The summed E-state index contributed by atoms with van der Waals surface area (Å²) >= 11 is 7.51. The minimum Gasteiger partial charge on any atom is -0.503 e. The fraction of sp³-hybridized carbons (Fsp3) is 0.269. The van der Waals surface area contributed by atoms with Crippen LogP contribution in [0.5, 0.6) is 0 Å². The highest BCUT2D eigenvalue weighted by molar-refractivity contribution is 7.17. The van der Waals surface area contributed by atoms with E-state index in [-0.39, 0.29) is 11.4 Å². The number of thiazole rings is 1. The first-order valence-electron chi connectivity index (χ1n) is 11.0. The number of carbonyl (C=O) groups excluding carboxylic acids is 2. The van der Waals surface area contributed by atoms with E-state index in [4.69, 9.17) is 11.6 Å². The molecule has 1 atom stereocenters. The molecule has 0 aliphatic carbocycles. The average molecular weight is 496 g/mol. The molecule has 0 fully saturated rings. The topological polar surface area (TPSA) is 73.7 Å². The van der Waals surface area contributed by atoms with Crippen LogP contribution < -0.4 is 0 Å². The number of benzene rings is 2. The summed E-state index contributed by atoms with van der Waals surface area (Å²) in [5.74, 6) is -1.44. The van der Waals surface area contributed by atoms with E-state index in [0.717, 1.165) is 12.1 Å². The second-order valence-electron chi connectivity index (χ2n) is 8.50. The van der Waals surface area contributed by atoms with Crippen LogP contribution in [0.25, 0.3) is 10.6 Å². The van der Waals surface area contributed by atoms with Gasteiger partial charge in [-0.3, -0.25) is 9.59 Å². The molecule has 0 saturated heterocycles. The third-order valence-electron chi connectivity index (χ3n) is 5.74. The predicted octanol–water partition coefficient (Wildman–Crippen LogP) is 5.30. The summed E-state index contributed by atoms with van der Waals surface area (Å²) in [6, 6.07) is 16.0. The van der Waals surface area contributed by atoms with Gasteiger partial charge in [-0.05, 0) is 51.7 Å². The molecule has 1 N–H and O–H groups in total. The highest BCUT2D eigenvalue weighted by Gasteiger charge is 2.44. The molecule has 1 amide bonds. The Labute approximate surface area is 208 Å². The van der Waals surface area contributed by atoms with E-state index < -0.39 is 17.7 Å². The van der Waals surface area contributed by atoms with E-state index in [2.05, 4.69) is 4.98 Å². The van der Waals surface area contributed by atoms with Gasteiger partial charge in [-0.2, -0.15) is 0 Å². The number of hydrogen-bond acceptors (Lipinski definition) is 6. The Bertz CT molecular complexity index is 1250. The molecule has 34 heavy (non-hydrogen) atoms. The largest absolute Gasteiger partial charge is 0.503 e. The Morgan fingerprint density at radius 2 is 1.91 bits per heavy atom. The zero-order valence-corrected chi connectivity index (χ0v) is 20.9. The number of aromatic nitrogens is 1. The van der Waals surface area contributed by atoms with Crippen molar-refractivity contribution in [2.75, 3.05) is 27.2 Å². The van der Waals surface area contributed by atoms with Gasteiger partial charge in [0.2, 0.25) is 5.78 Å². The Morgan fingerprint density at radius 1 is 1.18 bits per heavy atom. The molecule has 0 saturated carbocycles. The minimum absolute atomic E-state index is 0.0727. The van der Waals surface area contributed by atoms with Crippen molar-refractivity contribution in [1.82, 2.24) is 14.8 Å². The van der Waals surface area contributed by atoms with E-state index in [1.165, 1.54) is 11.3 Å². The van der Waals surface area contributed by atoms with Gasteiger partial charge >= 0.3 is 0 Å². The van der Waals surface area contributed by atoms with Crippen LogP contribution in [-0.4, -0.2) is 58.8 Å². The molecule has 0 spiro atoms. The fourth-order valence-corrected chi connectivity index (χ4v) is 5.35. The molecule has 0 radical (unpaired) electrons. The molecule has 1 unspecified atom stereocenters. The lowest BCUT2D eigenvalue weighted by molar-refractivity contribution is -0.129. The van der Waals surface area contributed by atoms with Gasteiger partial charge in [0.25, 0.3) is 5.91 Å². The third-order valence-corrected chi connectivity index (χ3v) is 7.18. The quantitative estimate of drug-likeness (QED) is 0.429. The minimum atomic E-state index is -0.720. The summed E-state index contributed by atoms with van der Waals surface area (Å²) in [6.07, 6.45) is 0.697. The average Bonchev–Trinajstić information content (AvgIpc) is 3.32. The molecule has 1 aliphatic heterocycles. The summed E-state index contributed by atoms with van der Waals surface area (Å²) in [7, 11) is 3.92. The highest BCUT2D eigenvalue weighted by Crippen LogP contribution is 2.41. The summed E-state index contributed by atoms with van der Waals surface area (Å²) in [6.45, 7) is 2.93. The first kappa shape index (κ1) is 24.1. The number of Topliss-reactive ketones (excluding diaryl/α,β-unsaturated/α-hetero) is 1. The number of halogens is 1. The van der Waals surface area contributed by atoms with Crippen molar-refractivity contribution in [3.8, 4) is 10.6 Å². The lowest BCUT2D eigenvalue weighted by atomic mass is 9.95. The van der Waals surface area contributed by atoms with Crippen LogP contribution in [0.1, 0.15) is 33.4 Å². The molecular weight excluding hydrogens is 470 g/mol. The molecular formula is C26H26ClN3O3S. The van der Waals surface area contributed by atoms with Crippen molar-refractivity contribution in [3.05, 3.63) is 87.1 Å². The second kappa shape index (κ2) is 10.1. The van der Waals surface area contributed by atoms with Gasteiger partial charge in [-0.15, -0.1) is 11.3 Å².